The van der Waals surface area contributed by atoms with Crippen LogP contribution in [0.5, 0.6) is 0 Å². The molecule has 2 aromatic carbocycles. The number of hydrogen-bond acceptors (Lipinski definition) is 4. The maximum atomic E-state index is 12.8. The Morgan fingerprint density at radius 2 is 1.84 bits per heavy atom. The fraction of sp³-hybridized carbons (Fsp3) is 0.105. The van der Waals surface area contributed by atoms with Crippen molar-refractivity contribution in [1.82, 2.24) is 14.5 Å². The SMILES string of the molecule is O=C1CSC=C(c2ccccc2)N1CC(=O)n1cnc2ccccc21. The number of para-hydroxylation sites is 2. The summed E-state index contributed by atoms with van der Waals surface area (Å²) in [6.45, 7) is -0.0134. The Labute approximate surface area is 149 Å². The highest BCUT2D eigenvalue weighted by Gasteiger charge is 2.26. The van der Waals surface area contributed by atoms with E-state index in [1.165, 1.54) is 22.7 Å². The smallest absolute Gasteiger partial charge is 0.252 e. The average molecular weight is 349 g/mol. The summed E-state index contributed by atoms with van der Waals surface area (Å²) in [5, 5.41) is 1.94. The van der Waals surface area contributed by atoms with E-state index in [-0.39, 0.29) is 18.4 Å². The third-order valence-electron chi connectivity index (χ3n) is 4.08. The third kappa shape index (κ3) is 2.96. The molecule has 0 saturated heterocycles. The summed E-state index contributed by atoms with van der Waals surface area (Å²) in [5.74, 6) is 0.0915. The van der Waals surface area contributed by atoms with Crippen molar-refractivity contribution in [2.75, 3.05) is 12.3 Å². The number of aromatic nitrogens is 2. The number of carbonyl (C=O) groups is 2. The van der Waals surface area contributed by atoms with Crippen LogP contribution < -0.4 is 0 Å². The minimum absolute atomic E-state index is 0.0134. The molecule has 0 unspecified atom stereocenters. The monoisotopic (exact) mass is 349 g/mol. The minimum Gasteiger partial charge on any atom is -0.301 e. The molecular weight excluding hydrogens is 334 g/mol. The Morgan fingerprint density at radius 1 is 1.08 bits per heavy atom. The summed E-state index contributed by atoms with van der Waals surface area (Å²) in [4.78, 5) is 31.0. The summed E-state index contributed by atoms with van der Waals surface area (Å²) in [6, 6.07) is 17.1. The summed E-state index contributed by atoms with van der Waals surface area (Å²) in [7, 11) is 0. The zero-order valence-corrected chi connectivity index (χ0v) is 14.1. The van der Waals surface area contributed by atoms with Gasteiger partial charge in [0.2, 0.25) is 5.91 Å². The number of carbonyl (C=O) groups excluding carboxylic acids is 2. The number of nitrogens with zero attached hydrogens (tertiary/aromatic N) is 3. The molecule has 0 fully saturated rings. The van der Waals surface area contributed by atoms with E-state index in [9.17, 15) is 9.59 Å². The van der Waals surface area contributed by atoms with Crippen LogP contribution >= 0.6 is 11.8 Å². The van der Waals surface area contributed by atoms with Gasteiger partial charge < -0.3 is 4.90 Å². The molecule has 0 radical (unpaired) electrons. The van der Waals surface area contributed by atoms with Crippen molar-refractivity contribution in [1.29, 1.82) is 0 Å². The van der Waals surface area contributed by atoms with Crippen LogP contribution in [-0.4, -0.2) is 38.6 Å². The van der Waals surface area contributed by atoms with Crippen molar-refractivity contribution in [3.8, 4) is 0 Å². The van der Waals surface area contributed by atoms with Gasteiger partial charge in [-0.3, -0.25) is 14.2 Å². The van der Waals surface area contributed by atoms with E-state index in [4.69, 9.17) is 0 Å². The van der Waals surface area contributed by atoms with Gasteiger partial charge in [0.1, 0.15) is 12.9 Å². The van der Waals surface area contributed by atoms with Gasteiger partial charge in [0.05, 0.1) is 22.5 Å². The molecule has 4 rings (SSSR count). The zero-order chi connectivity index (χ0) is 17.2. The van der Waals surface area contributed by atoms with E-state index in [0.717, 1.165) is 22.3 Å². The predicted octanol–water partition coefficient (Wildman–Crippen LogP) is 3.25. The molecule has 0 spiro atoms. The normalized spacial score (nSPS) is 14.6. The molecule has 6 heteroatoms. The molecule has 1 aliphatic heterocycles. The van der Waals surface area contributed by atoms with Gasteiger partial charge in [-0.05, 0) is 23.1 Å². The molecule has 0 saturated carbocycles. The number of amides is 1. The summed E-state index contributed by atoms with van der Waals surface area (Å²) >= 11 is 1.45. The lowest BCUT2D eigenvalue weighted by Crippen LogP contribution is -2.38. The number of benzene rings is 2. The lowest BCUT2D eigenvalue weighted by atomic mass is 10.1. The first-order valence-corrected chi connectivity index (χ1v) is 8.92. The molecule has 1 aromatic heterocycles. The molecule has 3 aromatic rings. The molecule has 0 N–H and O–H groups in total. The molecule has 1 aliphatic rings. The van der Waals surface area contributed by atoms with Gasteiger partial charge in [-0.1, -0.05) is 42.5 Å². The lowest BCUT2D eigenvalue weighted by Gasteiger charge is -2.28. The van der Waals surface area contributed by atoms with Gasteiger partial charge in [-0.25, -0.2) is 4.98 Å². The highest BCUT2D eigenvalue weighted by Crippen LogP contribution is 2.28. The first-order valence-electron chi connectivity index (χ1n) is 7.87. The van der Waals surface area contributed by atoms with Crippen molar-refractivity contribution in [3.05, 3.63) is 71.9 Å². The van der Waals surface area contributed by atoms with Crippen LogP contribution in [0, 0.1) is 0 Å². The van der Waals surface area contributed by atoms with Crippen molar-refractivity contribution >= 4 is 40.3 Å². The molecule has 0 bridgehead atoms. The maximum Gasteiger partial charge on any atom is 0.252 e. The standard InChI is InChI=1S/C19H15N3O2S/c23-18(22-13-20-15-8-4-5-9-16(15)22)10-21-17(11-25-12-19(21)24)14-6-2-1-3-7-14/h1-9,11,13H,10,12H2. The topological polar surface area (TPSA) is 55.2 Å². The van der Waals surface area contributed by atoms with Crippen molar-refractivity contribution in [2.24, 2.45) is 0 Å². The number of hydrogen-bond donors (Lipinski definition) is 0. The second kappa shape index (κ2) is 6.57. The predicted molar refractivity (Wildman–Crippen MR) is 98.9 cm³/mol. The van der Waals surface area contributed by atoms with Crippen LogP contribution in [0.3, 0.4) is 0 Å². The van der Waals surface area contributed by atoms with Crippen LogP contribution in [0.4, 0.5) is 0 Å². The number of rotatable bonds is 3. The van der Waals surface area contributed by atoms with E-state index in [1.54, 1.807) is 4.90 Å². The van der Waals surface area contributed by atoms with Crippen LogP contribution in [-0.2, 0) is 4.79 Å². The highest BCUT2D eigenvalue weighted by atomic mass is 32.2. The maximum absolute atomic E-state index is 12.8. The van der Waals surface area contributed by atoms with Crippen LogP contribution in [0.2, 0.25) is 0 Å². The van der Waals surface area contributed by atoms with E-state index in [2.05, 4.69) is 4.98 Å². The quantitative estimate of drug-likeness (QED) is 0.728. The van der Waals surface area contributed by atoms with Crippen LogP contribution in [0.25, 0.3) is 16.7 Å². The average Bonchev–Trinajstić information content (AvgIpc) is 3.08. The summed E-state index contributed by atoms with van der Waals surface area (Å²) in [6.07, 6.45) is 1.52. The van der Waals surface area contributed by atoms with Crippen LogP contribution in [0.1, 0.15) is 10.4 Å². The molecular formula is C19H15N3O2S. The van der Waals surface area contributed by atoms with E-state index >= 15 is 0 Å². The van der Waals surface area contributed by atoms with E-state index in [0.29, 0.717) is 5.75 Å². The molecule has 0 aliphatic carbocycles. The summed E-state index contributed by atoms with van der Waals surface area (Å²) in [5.41, 5.74) is 3.19. The van der Waals surface area contributed by atoms with Crippen LogP contribution in [0.15, 0.2) is 66.3 Å². The number of fused-ring (bicyclic) bond motifs is 1. The molecule has 1 amide bonds. The minimum atomic E-state index is -0.184. The first kappa shape index (κ1) is 15.7. The Balaban J connectivity index is 1.65. The Hall–Kier alpha value is -2.86. The Bertz CT molecular complexity index is 979. The molecule has 25 heavy (non-hydrogen) atoms. The van der Waals surface area contributed by atoms with Crippen molar-refractivity contribution in [3.63, 3.8) is 0 Å². The second-order valence-corrected chi connectivity index (χ2v) is 6.51. The number of imidazole rings is 1. The third-order valence-corrected chi connectivity index (χ3v) is 4.88. The molecule has 5 nitrogen and oxygen atoms in total. The lowest BCUT2D eigenvalue weighted by molar-refractivity contribution is -0.125. The fourth-order valence-corrected chi connectivity index (χ4v) is 3.65. The van der Waals surface area contributed by atoms with Gasteiger partial charge in [-0.15, -0.1) is 11.8 Å². The van der Waals surface area contributed by atoms with Gasteiger partial charge >= 0.3 is 0 Å². The highest BCUT2D eigenvalue weighted by molar-refractivity contribution is 8.03. The molecule has 2 heterocycles. The Kier molecular flexibility index (Phi) is 4.11. The van der Waals surface area contributed by atoms with E-state index in [1.807, 2.05) is 60.0 Å². The van der Waals surface area contributed by atoms with Gasteiger partial charge in [0.15, 0.2) is 0 Å². The largest absolute Gasteiger partial charge is 0.301 e. The van der Waals surface area contributed by atoms with E-state index < -0.39 is 0 Å². The first-order chi connectivity index (χ1) is 12.2. The number of thioether (sulfide) groups is 1. The zero-order valence-electron chi connectivity index (χ0n) is 13.3. The van der Waals surface area contributed by atoms with Crippen molar-refractivity contribution in [2.45, 2.75) is 0 Å². The molecule has 124 valence electrons. The van der Waals surface area contributed by atoms with Crippen molar-refractivity contribution < 1.29 is 9.59 Å². The van der Waals surface area contributed by atoms with Gasteiger partial charge in [0, 0.05) is 0 Å². The Morgan fingerprint density at radius 3 is 2.68 bits per heavy atom. The second-order valence-electron chi connectivity index (χ2n) is 5.66. The molecule has 0 atom stereocenters. The van der Waals surface area contributed by atoms with Gasteiger partial charge in [-0.2, -0.15) is 0 Å². The summed E-state index contributed by atoms with van der Waals surface area (Å²) < 4.78 is 1.51. The van der Waals surface area contributed by atoms with Gasteiger partial charge in [0.25, 0.3) is 5.91 Å². The fourth-order valence-electron chi connectivity index (χ4n) is 2.84.